The van der Waals surface area contributed by atoms with Crippen LogP contribution in [0.1, 0.15) is 74.1 Å². The normalized spacial score (nSPS) is 21.2. The predicted molar refractivity (Wildman–Crippen MR) is 131 cm³/mol. The van der Waals surface area contributed by atoms with E-state index in [1.807, 2.05) is 25.8 Å². The van der Waals surface area contributed by atoms with Gasteiger partial charge in [0.1, 0.15) is 5.54 Å². The van der Waals surface area contributed by atoms with Crippen LogP contribution in [0.3, 0.4) is 0 Å². The van der Waals surface area contributed by atoms with Crippen LogP contribution in [0.15, 0.2) is 17.9 Å². The summed E-state index contributed by atoms with van der Waals surface area (Å²) in [5, 5.41) is 3.40. The molecule has 0 bridgehead atoms. The van der Waals surface area contributed by atoms with Gasteiger partial charge in [0.25, 0.3) is 5.91 Å². The van der Waals surface area contributed by atoms with E-state index in [0.717, 1.165) is 47.9 Å². The molecule has 0 unspecified atom stereocenters. The van der Waals surface area contributed by atoms with Crippen LogP contribution in [0.2, 0.25) is 0 Å². The van der Waals surface area contributed by atoms with E-state index in [4.69, 9.17) is 19.1 Å². The Labute approximate surface area is 208 Å². The lowest BCUT2D eigenvalue weighted by Crippen LogP contribution is -2.56. The van der Waals surface area contributed by atoms with E-state index in [0.29, 0.717) is 37.3 Å². The van der Waals surface area contributed by atoms with Crippen molar-refractivity contribution >= 4 is 17.6 Å². The fourth-order valence-electron chi connectivity index (χ4n) is 5.83. The molecule has 0 N–H and O–H groups in total. The summed E-state index contributed by atoms with van der Waals surface area (Å²) >= 11 is 0. The predicted octanol–water partition coefficient (Wildman–Crippen LogP) is 5.00. The van der Waals surface area contributed by atoms with Crippen molar-refractivity contribution in [3.05, 3.63) is 40.1 Å². The quantitative estimate of drug-likeness (QED) is 0.524. The Kier molecular flexibility index (Phi) is 7.83. The average molecular weight is 487 g/mol. The van der Waals surface area contributed by atoms with E-state index in [1.54, 1.807) is 19.1 Å². The molecule has 0 aromatic heterocycles. The highest BCUT2D eigenvalue weighted by molar-refractivity contribution is 6.23. The Morgan fingerprint density at radius 3 is 2.26 bits per heavy atom. The third-order valence-electron chi connectivity index (χ3n) is 7.43. The summed E-state index contributed by atoms with van der Waals surface area (Å²) < 4.78 is 11.1. The number of piperidine rings is 1. The van der Waals surface area contributed by atoms with Crippen LogP contribution in [0.5, 0.6) is 0 Å². The molecule has 1 aliphatic carbocycles. The summed E-state index contributed by atoms with van der Waals surface area (Å²) in [6.45, 7) is 9.07. The smallest absolute Gasteiger partial charge is 0.434 e. The first-order chi connectivity index (χ1) is 16.8. The maximum absolute atomic E-state index is 14.2. The van der Waals surface area contributed by atoms with Crippen LogP contribution >= 0.6 is 0 Å². The Balaban J connectivity index is 1.85. The minimum Gasteiger partial charge on any atom is -0.434 e. The number of carbonyl (C=O) groups is 2. The summed E-state index contributed by atoms with van der Waals surface area (Å²) in [6.07, 6.45) is 5.37. The molecule has 2 aliphatic heterocycles. The van der Waals surface area contributed by atoms with Crippen LogP contribution < -0.4 is 0 Å². The summed E-state index contributed by atoms with van der Waals surface area (Å²) in [7, 11) is 1.64. The van der Waals surface area contributed by atoms with Crippen LogP contribution in [0, 0.1) is 20.8 Å². The van der Waals surface area contributed by atoms with E-state index in [9.17, 15) is 9.59 Å². The van der Waals surface area contributed by atoms with Crippen LogP contribution in [0.4, 0.5) is 4.79 Å². The molecule has 1 aromatic rings. The van der Waals surface area contributed by atoms with Crippen LogP contribution in [0.25, 0.3) is 5.57 Å². The Morgan fingerprint density at radius 1 is 1.06 bits per heavy atom. The highest BCUT2D eigenvalue weighted by Crippen LogP contribution is 2.49. The van der Waals surface area contributed by atoms with Gasteiger partial charge < -0.3 is 14.3 Å². The van der Waals surface area contributed by atoms with Gasteiger partial charge in [-0.25, -0.2) is 9.86 Å². The number of ether oxygens (including phenoxy) is 2. The lowest BCUT2D eigenvalue weighted by molar-refractivity contribution is -0.254. The molecule has 0 radical (unpaired) electrons. The van der Waals surface area contributed by atoms with E-state index >= 15 is 0 Å². The molecule has 35 heavy (non-hydrogen) atoms. The number of amides is 1. The van der Waals surface area contributed by atoms with E-state index < -0.39 is 11.7 Å². The minimum atomic E-state index is -0.907. The first-order valence-corrected chi connectivity index (χ1v) is 12.8. The van der Waals surface area contributed by atoms with E-state index in [1.165, 1.54) is 6.42 Å². The van der Waals surface area contributed by atoms with Crippen LogP contribution in [-0.2, 0) is 23.9 Å². The number of carbonyl (C=O) groups excluding carboxylic acids is 2. The molecule has 3 aliphatic rings. The number of nitrogens with zero attached hydrogens (tertiary/aromatic N) is 2. The molecule has 0 atom stereocenters. The molecule has 2 heterocycles. The third-order valence-corrected chi connectivity index (χ3v) is 7.43. The van der Waals surface area contributed by atoms with Gasteiger partial charge in [0.15, 0.2) is 5.76 Å². The number of hydroxylamine groups is 4. The highest BCUT2D eigenvalue weighted by atomic mass is 16.7. The van der Waals surface area contributed by atoms with Gasteiger partial charge in [0, 0.05) is 13.1 Å². The van der Waals surface area contributed by atoms with Crippen molar-refractivity contribution in [2.75, 3.05) is 26.8 Å². The van der Waals surface area contributed by atoms with Crippen molar-refractivity contribution in [2.24, 2.45) is 0 Å². The first kappa shape index (κ1) is 25.7. The van der Waals surface area contributed by atoms with E-state index in [-0.39, 0.29) is 18.6 Å². The Morgan fingerprint density at radius 2 is 1.69 bits per heavy atom. The molecular weight excluding hydrogens is 448 g/mol. The number of benzene rings is 1. The second kappa shape index (κ2) is 10.7. The maximum atomic E-state index is 14.2. The number of hydrogen-bond donors (Lipinski definition) is 0. The zero-order chi connectivity index (χ0) is 25.2. The highest BCUT2D eigenvalue weighted by Gasteiger charge is 2.57. The molecular formula is C27H38N2O6. The van der Waals surface area contributed by atoms with Crippen molar-refractivity contribution in [1.82, 2.24) is 10.1 Å². The lowest BCUT2D eigenvalue weighted by Gasteiger charge is -2.44. The molecule has 8 heteroatoms. The van der Waals surface area contributed by atoms with E-state index in [2.05, 4.69) is 12.1 Å². The SMILES string of the molecule is CCOC(=O)OC1=C(c2c(C)cc(C)cc2C)C(=O)N(OC2CCCCC2)C12CCN(OC)CC2. The number of aryl methyl sites for hydroxylation is 3. The van der Waals surface area contributed by atoms with Gasteiger partial charge in [-0.1, -0.05) is 37.0 Å². The second-order valence-corrected chi connectivity index (χ2v) is 9.87. The molecule has 1 saturated carbocycles. The Bertz CT molecular complexity index is 966. The topological polar surface area (TPSA) is 77.5 Å². The van der Waals surface area contributed by atoms with Crippen molar-refractivity contribution < 1.29 is 28.7 Å². The average Bonchev–Trinajstić information content (AvgIpc) is 3.02. The molecule has 1 saturated heterocycles. The van der Waals surface area contributed by atoms with Gasteiger partial charge in [0.2, 0.25) is 0 Å². The van der Waals surface area contributed by atoms with Crippen molar-refractivity contribution in [3.63, 3.8) is 0 Å². The van der Waals surface area contributed by atoms with Crippen LogP contribution in [-0.4, -0.2) is 60.6 Å². The largest absolute Gasteiger partial charge is 0.513 e. The number of hydrogen-bond acceptors (Lipinski definition) is 7. The van der Waals surface area contributed by atoms with Gasteiger partial charge in [-0.2, -0.15) is 5.06 Å². The standard InChI is InChI=1S/C27H38N2O6/c1-6-33-26(31)34-24-23(22-19(3)16-18(2)17-20(22)4)25(30)29(35-21-10-8-7-9-11-21)27(24)12-14-28(32-5)15-13-27/h16-17,21H,6-15H2,1-5H3. The van der Waals surface area contributed by atoms with Gasteiger partial charge in [0.05, 0.1) is 25.4 Å². The Hall–Kier alpha value is -2.42. The molecule has 1 spiro atoms. The first-order valence-electron chi connectivity index (χ1n) is 12.8. The third kappa shape index (κ3) is 4.97. The van der Waals surface area contributed by atoms with Gasteiger partial charge in [-0.05, 0) is 70.1 Å². The molecule has 2 fully saturated rings. The fraction of sp³-hybridized carbons (Fsp3) is 0.630. The summed E-state index contributed by atoms with van der Waals surface area (Å²) in [5.41, 5.74) is 3.31. The summed E-state index contributed by atoms with van der Waals surface area (Å²) in [6, 6.07) is 4.10. The van der Waals surface area contributed by atoms with Gasteiger partial charge in [-0.3, -0.25) is 9.63 Å². The van der Waals surface area contributed by atoms with Crippen molar-refractivity contribution in [2.45, 2.75) is 84.3 Å². The van der Waals surface area contributed by atoms with Gasteiger partial charge in [-0.15, -0.1) is 0 Å². The maximum Gasteiger partial charge on any atom is 0.513 e. The zero-order valence-electron chi connectivity index (χ0n) is 21.6. The molecule has 4 rings (SSSR count). The minimum absolute atomic E-state index is 0.0339. The number of rotatable bonds is 6. The summed E-state index contributed by atoms with van der Waals surface area (Å²) in [4.78, 5) is 38.8. The fourth-order valence-corrected chi connectivity index (χ4v) is 5.83. The van der Waals surface area contributed by atoms with Gasteiger partial charge >= 0.3 is 6.16 Å². The molecule has 1 amide bonds. The summed E-state index contributed by atoms with van der Waals surface area (Å²) in [5.74, 6) is 0.0818. The zero-order valence-corrected chi connectivity index (χ0v) is 21.6. The monoisotopic (exact) mass is 486 g/mol. The van der Waals surface area contributed by atoms with Crippen molar-refractivity contribution in [3.8, 4) is 0 Å². The molecule has 192 valence electrons. The second-order valence-electron chi connectivity index (χ2n) is 9.87. The van der Waals surface area contributed by atoms with Crippen molar-refractivity contribution in [1.29, 1.82) is 0 Å². The lowest BCUT2D eigenvalue weighted by atomic mass is 9.84. The molecule has 1 aromatic carbocycles. The molecule has 8 nitrogen and oxygen atoms in total.